The summed E-state index contributed by atoms with van der Waals surface area (Å²) in [4.78, 5) is 12.1. The summed E-state index contributed by atoms with van der Waals surface area (Å²) >= 11 is 1.56. The number of thiophene rings is 1. The van der Waals surface area contributed by atoms with E-state index >= 15 is 0 Å². The van der Waals surface area contributed by atoms with Crippen molar-refractivity contribution in [2.45, 2.75) is 12.8 Å². The van der Waals surface area contributed by atoms with E-state index in [4.69, 9.17) is 13.9 Å². The molecule has 1 aromatic carbocycles. The lowest BCUT2D eigenvalue weighted by molar-refractivity contribution is -0.116. The fourth-order valence-corrected chi connectivity index (χ4v) is 2.85. The van der Waals surface area contributed by atoms with E-state index in [1.807, 2.05) is 16.8 Å². The molecule has 0 bridgehead atoms. The van der Waals surface area contributed by atoms with E-state index in [2.05, 4.69) is 15.5 Å². The highest BCUT2D eigenvalue weighted by molar-refractivity contribution is 7.08. The van der Waals surface area contributed by atoms with Crippen molar-refractivity contribution in [1.29, 1.82) is 0 Å². The van der Waals surface area contributed by atoms with Crippen LogP contribution in [0.3, 0.4) is 0 Å². The number of aromatic nitrogens is 2. The maximum absolute atomic E-state index is 12.1. The van der Waals surface area contributed by atoms with Crippen LogP contribution in [0.25, 0.3) is 11.5 Å². The van der Waals surface area contributed by atoms with Crippen molar-refractivity contribution in [1.82, 2.24) is 10.2 Å². The maximum Gasteiger partial charge on any atom is 0.248 e. The highest BCUT2D eigenvalue weighted by Gasteiger charge is 2.12. The minimum Gasteiger partial charge on any atom is -0.493 e. The Hall–Kier alpha value is -2.87. The number of anilines is 1. The van der Waals surface area contributed by atoms with Gasteiger partial charge in [-0.1, -0.05) is 0 Å². The van der Waals surface area contributed by atoms with E-state index in [1.165, 1.54) is 0 Å². The highest BCUT2D eigenvalue weighted by atomic mass is 32.1. The number of rotatable bonds is 7. The molecule has 0 aliphatic rings. The van der Waals surface area contributed by atoms with Gasteiger partial charge in [0.1, 0.15) is 0 Å². The molecule has 1 amide bonds. The van der Waals surface area contributed by atoms with Gasteiger partial charge in [0.15, 0.2) is 11.5 Å². The Morgan fingerprint density at radius 1 is 1.20 bits per heavy atom. The first-order valence-electron chi connectivity index (χ1n) is 7.56. The molecular weight excluding hydrogens is 342 g/mol. The number of carbonyl (C=O) groups is 1. The molecule has 3 rings (SSSR count). The van der Waals surface area contributed by atoms with Crippen LogP contribution in [-0.2, 0) is 11.2 Å². The molecule has 7 nitrogen and oxygen atoms in total. The van der Waals surface area contributed by atoms with Crippen LogP contribution in [0.4, 0.5) is 5.69 Å². The van der Waals surface area contributed by atoms with E-state index < -0.39 is 0 Å². The van der Waals surface area contributed by atoms with Crippen molar-refractivity contribution in [3.8, 4) is 23.0 Å². The van der Waals surface area contributed by atoms with Gasteiger partial charge in [0.05, 0.1) is 14.2 Å². The first-order chi connectivity index (χ1) is 12.2. The van der Waals surface area contributed by atoms with Crippen molar-refractivity contribution in [3.63, 3.8) is 0 Å². The number of ether oxygens (including phenoxy) is 2. The fraction of sp³-hybridized carbons (Fsp3) is 0.235. The molecule has 0 radical (unpaired) electrons. The van der Waals surface area contributed by atoms with Crippen LogP contribution in [0, 0.1) is 0 Å². The summed E-state index contributed by atoms with van der Waals surface area (Å²) in [6.07, 6.45) is 0.607. The third-order valence-corrected chi connectivity index (χ3v) is 4.15. The van der Waals surface area contributed by atoms with Crippen LogP contribution in [0.15, 0.2) is 39.4 Å². The monoisotopic (exact) mass is 359 g/mol. The predicted molar refractivity (Wildman–Crippen MR) is 94.1 cm³/mol. The number of amides is 1. The Labute approximate surface area is 148 Å². The number of hydrogen-bond acceptors (Lipinski definition) is 7. The maximum atomic E-state index is 12.1. The Kier molecular flexibility index (Phi) is 5.30. The third-order valence-electron chi connectivity index (χ3n) is 3.47. The zero-order valence-electron chi connectivity index (χ0n) is 13.8. The van der Waals surface area contributed by atoms with Gasteiger partial charge in [-0.2, -0.15) is 11.3 Å². The van der Waals surface area contributed by atoms with Crippen LogP contribution in [0.1, 0.15) is 12.3 Å². The molecule has 0 aliphatic heterocycles. The van der Waals surface area contributed by atoms with E-state index in [9.17, 15) is 4.79 Å². The molecular formula is C17H17N3O4S. The summed E-state index contributed by atoms with van der Waals surface area (Å²) in [6.45, 7) is 0. The first kappa shape index (κ1) is 17.0. The van der Waals surface area contributed by atoms with Crippen molar-refractivity contribution < 1.29 is 18.7 Å². The smallest absolute Gasteiger partial charge is 0.248 e. The van der Waals surface area contributed by atoms with Gasteiger partial charge >= 0.3 is 0 Å². The summed E-state index contributed by atoms with van der Waals surface area (Å²) in [5.74, 6) is 1.91. The Bertz CT molecular complexity index is 845. The molecule has 0 unspecified atom stereocenters. The molecule has 0 spiro atoms. The zero-order chi connectivity index (χ0) is 17.6. The number of nitrogens with zero attached hydrogens (tertiary/aromatic N) is 2. The van der Waals surface area contributed by atoms with Gasteiger partial charge in [-0.15, -0.1) is 10.2 Å². The van der Waals surface area contributed by atoms with E-state index in [1.54, 1.807) is 43.8 Å². The standard InChI is InChI=1S/C17H17N3O4S/c1-22-13-4-3-12(9-14(13)23-2)18-15(21)5-6-16-19-20-17(24-16)11-7-8-25-10-11/h3-4,7-10H,5-6H2,1-2H3,(H,18,21). The largest absolute Gasteiger partial charge is 0.493 e. The molecule has 2 heterocycles. The number of nitrogens with one attached hydrogen (secondary N) is 1. The molecule has 8 heteroatoms. The van der Waals surface area contributed by atoms with Crippen LogP contribution in [0.2, 0.25) is 0 Å². The summed E-state index contributed by atoms with van der Waals surface area (Å²) in [5, 5.41) is 14.6. The Balaban J connectivity index is 1.56. The Morgan fingerprint density at radius 2 is 2.04 bits per heavy atom. The molecule has 25 heavy (non-hydrogen) atoms. The van der Waals surface area contributed by atoms with Gasteiger partial charge in [0, 0.05) is 35.5 Å². The molecule has 0 aliphatic carbocycles. The van der Waals surface area contributed by atoms with Crippen LogP contribution >= 0.6 is 11.3 Å². The Morgan fingerprint density at radius 3 is 2.76 bits per heavy atom. The second-order valence-electron chi connectivity index (χ2n) is 5.13. The lowest BCUT2D eigenvalue weighted by Gasteiger charge is -2.10. The molecule has 0 fully saturated rings. The minimum absolute atomic E-state index is 0.150. The van der Waals surface area contributed by atoms with Crippen molar-refractivity contribution in [2.75, 3.05) is 19.5 Å². The van der Waals surface area contributed by atoms with Crippen molar-refractivity contribution in [2.24, 2.45) is 0 Å². The quantitative estimate of drug-likeness (QED) is 0.696. The number of hydrogen-bond donors (Lipinski definition) is 1. The second-order valence-corrected chi connectivity index (χ2v) is 5.91. The summed E-state index contributed by atoms with van der Waals surface area (Å²) in [7, 11) is 3.11. The van der Waals surface area contributed by atoms with Crippen molar-refractivity contribution in [3.05, 3.63) is 40.9 Å². The van der Waals surface area contributed by atoms with Gasteiger partial charge < -0.3 is 19.2 Å². The van der Waals surface area contributed by atoms with E-state index in [-0.39, 0.29) is 12.3 Å². The summed E-state index contributed by atoms with van der Waals surface area (Å²) < 4.78 is 16.0. The first-order valence-corrected chi connectivity index (χ1v) is 8.50. The van der Waals surface area contributed by atoms with Gasteiger partial charge in [-0.3, -0.25) is 4.79 Å². The second kappa shape index (κ2) is 7.80. The lowest BCUT2D eigenvalue weighted by Crippen LogP contribution is -2.12. The number of methoxy groups -OCH3 is 2. The van der Waals surface area contributed by atoms with Crippen molar-refractivity contribution >= 4 is 22.9 Å². The summed E-state index contributed by atoms with van der Waals surface area (Å²) in [5.41, 5.74) is 1.52. The van der Waals surface area contributed by atoms with Gasteiger partial charge in [0.25, 0.3) is 0 Å². The average Bonchev–Trinajstić information content (AvgIpc) is 3.31. The van der Waals surface area contributed by atoms with Crippen LogP contribution in [-0.4, -0.2) is 30.3 Å². The van der Waals surface area contributed by atoms with Gasteiger partial charge in [0.2, 0.25) is 17.7 Å². The molecule has 0 saturated heterocycles. The molecule has 2 aromatic heterocycles. The highest BCUT2D eigenvalue weighted by Crippen LogP contribution is 2.29. The number of aryl methyl sites for hydroxylation is 1. The van der Waals surface area contributed by atoms with E-state index in [0.717, 1.165) is 5.56 Å². The van der Waals surface area contributed by atoms with Crippen LogP contribution in [0.5, 0.6) is 11.5 Å². The lowest BCUT2D eigenvalue weighted by atomic mass is 10.2. The predicted octanol–water partition coefficient (Wildman–Crippen LogP) is 3.39. The van der Waals surface area contributed by atoms with Gasteiger partial charge in [-0.25, -0.2) is 0 Å². The normalized spacial score (nSPS) is 10.5. The minimum atomic E-state index is -0.150. The average molecular weight is 359 g/mol. The molecule has 130 valence electrons. The zero-order valence-corrected chi connectivity index (χ0v) is 14.6. The number of carbonyl (C=O) groups excluding carboxylic acids is 1. The van der Waals surface area contributed by atoms with E-state index in [0.29, 0.717) is 35.4 Å². The molecule has 0 atom stereocenters. The molecule has 0 saturated carbocycles. The topological polar surface area (TPSA) is 86.5 Å². The van der Waals surface area contributed by atoms with Crippen LogP contribution < -0.4 is 14.8 Å². The number of benzene rings is 1. The van der Waals surface area contributed by atoms with Gasteiger partial charge in [-0.05, 0) is 23.6 Å². The SMILES string of the molecule is COc1ccc(NC(=O)CCc2nnc(-c3ccsc3)o2)cc1OC. The molecule has 1 N–H and O–H groups in total. The fourth-order valence-electron chi connectivity index (χ4n) is 2.22. The third kappa shape index (κ3) is 4.16. The molecule has 3 aromatic rings. The summed E-state index contributed by atoms with van der Waals surface area (Å²) in [6, 6.07) is 7.10.